The summed E-state index contributed by atoms with van der Waals surface area (Å²) < 4.78 is 32.1. The zero-order chi connectivity index (χ0) is 16.7. The largest absolute Gasteiger partial charge is 0.481 e. The van der Waals surface area contributed by atoms with Crippen LogP contribution in [-0.2, 0) is 14.8 Å². The van der Waals surface area contributed by atoms with Crippen molar-refractivity contribution >= 4 is 16.0 Å². The van der Waals surface area contributed by atoms with Gasteiger partial charge in [-0.05, 0) is 42.8 Å². The maximum Gasteiger partial charge on any atom is 0.303 e. The molecule has 2 N–H and O–H groups in total. The summed E-state index contributed by atoms with van der Waals surface area (Å²) in [6.45, 7) is 0.0803. The van der Waals surface area contributed by atoms with Gasteiger partial charge in [0, 0.05) is 13.0 Å². The minimum absolute atomic E-state index is 0.0770. The highest BCUT2D eigenvalue weighted by atomic mass is 32.2. The van der Waals surface area contributed by atoms with E-state index in [4.69, 9.17) is 9.84 Å². The van der Waals surface area contributed by atoms with Crippen LogP contribution in [0.15, 0.2) is 59.5 Å². The number of nitrogens with one attached hydrogen (secondary N) is 1. The predicted molar refractivity (Wildman–Crippen MR) is 85.0 cm³/mol. The van der Waals surface area contributed by atoms with Gasteiger partial charge in [-0.3, -0.25) is 4.79 Å². The lowest BCUT2D eigenvalue weighted by atomic mass is 10.3. The Balaban J connectivity index is 1.96. The number of para-hydroxylation sites is 1. The summed E-state index contributed by atoms with van der Waals surface area (Å²) >= 11 is 0. The van der Waals surface area contributed by atoms with Gasteiger partial charge in [-0.25, -0.2) is 13.1 Å². The van der Waals surface area contributed by atoms with Crippen molar-refractivity contribution in [2.45, 2.75) is 17.7 Å². The van der Waals surface area contributed by atoms with E-state index >= 15 is 0 Å². The lowest BCUT2D eigenvalue weighted by Crippen LogP contribution is -2.25. The summed E-state index contributed by atoms with van der Waals surface area (Å²) in [4.78, 5) is 10.5. The summed E-state index contributed by atoms with van der Waals surface area (Å²) in [5.41, 5.74) is 0. The maximum atomic E-state index is 12.0. The van der Waals surface area contributed by atoms with Crippen LogP contribution in [0.25, 0.3) is 0 Å². The fraction of sp³-hybridized carbons (Fsp3) is 0.188. The van der Waals surface area contributed by atoms with E-state index in [0.29, 0.717) is 11.5 Å². The Morgan fingerprint density at radius 1 is 1.00 bits per heavy atom. The molecule has 2 aromatic rings. The second-order valence-electron chi connectivity index (χ2n) is 4.78. The number of hydrogen-bond donors (Lipinski definition) is 2. The second-order valence-corrected chi connectivity index (χ2v) is 6.55. The predicted octanol–water partition coefficient (Wildman–Crippen LogP) is 2.62. The van der Waals surface area contributed by atoms with Crippen molar-refractivity contribution in [3.05, 3.63) is 54.6 Å². The molecule has 0 aliphatic rings. The fourth-order valence-corrected chi connectivity index (χ4v) is 2.92. The molecule has 0 aliphatic carbocycles. The van der Waals surface area contributed by atoms with Gasteiger partial charge < -0.3 is 9.84 Å². The molecule has 0 amide bonds. The number of carboxylic acids is 1. The maximum absolute atomic E-state index is 12.0. The highest BCUT2D eigenvalue weighted by Crippen LogP contribution is 2.22. The first kappa shape index (κ1) is 17.0. The topological polar surface area (TPSA) is 92.7 Å². The van der Waals surface area contributed by atoms with E-state index in [-0.39, 0.29) is 24.3 Å². The Morgan fingerprint density at radius 3 is 2.22 bits per heavy atom. The van der Waals surface area contributed by atoms with E-state index in [9.17, 15) is 13.2 Å². The summed E-state index contributed by atoms with van der Waals surface area (Å²) in [7, 11) is -3.65. The molecule has 122 valence electrons. The molecular weight excluding hydrogens is 318 g/mol. The zero-order valence-corrected chi connectivity index (χ0v) is 13.1. The molecule has 0 saturated heterocycles. The average Bonchev–Trinajstić information content (AvgIpc) is 2.53. The lowest BCUT2D eigenvalue weighted by Gasteiger charge is -2.08. The number of hydrogen-bond acceptors (Lipinski definition) is 4. The highest BCUT2D eigenvalue weighted by Gasteiger charge is 2.13. The zero-order valence-electron chi connectivity index (χ0n) is 12.3. The van der Waals surface area contributed by atoms with Gasteiger partial charge in [-0.1, -0.05) is 18.2 Å². The van der Waals surface area contributed by atoms with E-state index in [1.54, 1.807) is 24.3 Å². The molecule has 2 rings (SSSR count). The number of carboxylic acid groups (broad SMARTS) is 1. The van der Waals surface area contributed by atoms with Crippen molar-refractivity contribution in [2.24, 2.45) is 0 Å². The van der Waals surface area contributed by atoms with E-state index in [1.165, 1.54) is 12.1 Å². The SMILES string of the molecule is O=C(O)CCCNS(=O)(=O)c1ccc(Oc2ccccc2)cc1. The molecule has 6 nitrogen and oxygen atoms in total. The number of ether oxygens (including phenoxy) is 1. The normalized spacial score (nSPS) is 11.1. The van der Waals surface area contributed by atoms with Crippen molar-refractivity contribution in [2.75, 3.05) is 6.54 Å². The Bertz CT molecular complexity index is 742. The third-order valence-electron chi connectivity index (χ3n) is 2.97. The quantitative estimate of drug-likeness (QED) is 0.723. The van der Waals surface area contributed by atoms with Crippen LogP contribution < -0.4 is 9.46 Å². The summed E-state index contributed by atoms with van der Waals surface area (Å²) in [6, 6.07) is 15.2. The van der Waals surface area contributed by atoms with Gasteiger partial charge in [0.15, 0.2) is 0 Å². The molecule has 0 fully saturated rings. The Morgan fingerprint density at radius 2 is 1.61 bits per heavy atom. The molecule has 0 radical (unpaired) electrons. The molecule has 0 aliphatic heterocycles. The highest BCUT2D eigenvalue weighted by molar-refractivity contribution is 7.89. The number of sulfonamides is 1. The monoisotopic (exact) mass is 335 g/mol. The van der Waals surface area contributed by atoms with E-state index in [2.05, 4.69) is 4.72 Å². The van der Waals surface area contributed by atoms with Gasteiger partial charge in [0.1, 0.15) is 11.5 Å². The van der Waals surface area contributed by atoms with Crippen LogP contribution in [0.2, 0.25) is 0 Å². The Labute approximate surface area is 134 Å². The lowest BCUT2D eigenvalue weighted by molar-refractivity contribution is -0.137. The van der Waals surface area contributed by atoms with Crippen molar-refractivity contribution in [1.29, 1.82) is 0 Å². The molecule has 0 heterocycles. The molecule has 0 saturated carbocycles. The molecule has 0 spiro atoms. The minimum atomic E-state index is -3.65. The number of aliphatic carboxylic acids is 1. The molecule has 2 aromatic carbocycles. The Hall–Kier alpha value is -2.38. The van der Waals surface area contributed by atoms with Crippen LogP contribution in [0.1, 0.15) is 12.8 Å². The first-order valence-electron chi connectivity index (χ1n) is 7.02. The van der Waals surface area contributed by atoms with Gasteiger partial charge in [0.25, 0.3) is 0 Å². The van der Waals surface area contributed by atoms with Gasteiger partial charge in [-0.2, -0.15) is 0 Å². The van der Waals surface area contributed by atoms with Crippen molar-refractivity contribution in [3.8, 4) is 11.5 Å². The van der Waals surface area contributed by atoms with Crippen LogP contribution in [0.5, 0.6) is 11.5 Å². The first-order valence-corrected chi connectivity index (χ1v) is 8.50. The van der Waals surface area contributed by atoms with Crippen molar-refractivity contribution in [3.63, 3.8) is 0 Å². The summed E-state index contributed by atoms with van der Waals surface area (Å²) in [6.07, 6.45) is 0.163. The van der Waals surface area contributed by atoms with Crippen molar-refractivity contribution in [1.82, 2.24) is 4.72 Å². The minimum Gasteiger partial charge on any atom is -0.481 e. The molecule has 0 atom stereocenters. The van der Waals surface area contributed by atoms with Gasteiger partial charge >= 0.3 is 5.97 Å². The third-order valence-corrected chi connectivity index (χ3v) is 4.45. The van der Waals surface area contributed by atoms with E-state index in [0.717, 1.165) is 0 Å². The Kier molecular flexibility index (Phi) is 5.72. The molecule has 7 heteroatoms. The van der Waals surface area contributed by atoms with Crippen LogP contribution in [0.4, 0.5) is 0 Å². The fourth-order valence-electron chi connectivity index (χ4n) is 1.84. The van der Waals surface area contributed by atoms with Crippen LogP contribution >= 0.6 is 0 Å². The standard InChI is InChI=1S/C16H17NO5S/c18-16(19)7-4-12-17-23(20,21)15-10-8-14(9-11-15)22-13-5-2-1-3-6-13/h1-3,5-6,8-11,17H,4,7,12H2,(H,18,19). The number of carbonyl (C=O) groups is 1. The number of benzene rings is 2. The van der Waals surface area contributed by atoms with Crippen LogP contribution in [-0.4, -0.2) is 26.0 Å². The van der Waals surface area contributed by atoms with Gasteiger partial charge in [0.05, 0.1) is 4.90 Å². The number of rotatable bonds is 8. The average molecular weight is 335 g/mol. The molecule has 0 aromatic heterocycles. The summed E-state index contributed by atoms with van der Waals surface area (Å²) in [5.74, 6) is 0.238. The first-order chi connectivity index (χ1) is 11.0. The smallest absolute Gasteiger partial charge is 0.303 e. The van der Waals surface area contributed by atoms with Crippen LogP contribution in [0.3, 0.4) is 0 Å². The third kappa shape index (κ3) is 5.39. The van der Waals surface area contributed by atoms with E-state index in [1.807, 2.05) is 18.2 Å². The summed E-state index contributed by atoms with van der Waals surface area (Å²) in [5, 5.41) is 8.52. The van der Waals surface area contributed by atoms with Gasteiger partial charge in [-0.15, -0.1) is 0 Å². The van der Waals surface area contributed by atoms with Gasteiger partial charge in [0.2, 0.25) is 10.0 Å². The van der Waals surface area contributed by atoms with E-state index < -0.39 is 16.0 Å². The molecule has 0 bridgehead atoms. The molecule has 23 heavy (non-hydrogen) atoms. The second kappa shape index (κ2) is 7.75. The molecular formula is C16H17NO5S. The van der Waals surface area contributed by atoms with Crippen LogP contribution in [0, 0.1) is 0 Å². The molecule has 0 unspecified atom stereocenters. The van der Waals surface area contributed by atoms with Crippen molar-refractivity contribution < 1.29 is 23.1 Å².